The molecule has 0 aliphatic carbocycles. The highest BCUT2D eigenvalue weighted by Gasteiger charge is 2.23. The predicted octanol–water partition coefficient (Wildman–Crippen LogP) is 2.61. The molecule has 0 saturated carbocycles. The maximum Gasteiger partial charge on any atom is 0.224 e. The molecule has 0 spiro atoms. The first-order chi connectivity index (χ1) is 8.61. The van der Waals surface area contributed by atoms with Crippen LogP contribution >= 0.6 is 0 Å². The van der Waals surface area contributed by atoms with Crippen LogP contribution < -0.4 is 5.73 Å². The Bertz CT molecular complexity index is 469. The Balaban J connectivity index is 2.84. The fourth-order valence-corrected chi connectivity index (χ4v) is 1.73. The number of rotatable bonds is 4. The third kappa shape index (κ3) is 4.28. The van der Waals surface area contributed by atoms with E-state index in [1.54, 1.807) is 27.8 Å². The third-order valence-corrected chi connectivity index (χ3v) is 3.01. The number of nitrogens with zero attached hydrogens (tertiary/aromatic N) is 1. The normalized spacial score (nSPS) is 13.2. The molecule has 0 bridgehead atoms. The van der Waals surface area contributed by atoms with E-state index in [0.29, 0.717) is 5.56 Å². The highest BCUT2D eigenvalue weighted by atomic mass is 19.2. The van der Waals surface area contributed by atoms with Crippen LogP contribution in [-0.2, 0) is 4.79 Å². The average molecular weight is 270 g/mol. The van der Waals surface area contributed by atoms with Gasteiger partial charge in [-0.15, -0.1) is 0 Å². The fourth-order valence-electron chi connectivity index (χ4n) is 1.73. The molecule has 3 nitrogen and oxygen atoms in total. The van der Waals surface area contributed by atoms with Gasteiger partial charge in [-0.1, -0.05) is 6.07 Å². The van der Waals surface area contributed by atoms with Crippen LogP contribution in [0.4, 0.5) is 8.78 Å². The smallest absolute Gasteiger partial charge is 0.224 e. The highest BCUT2D eigenvalue weighted by molar-refractivity contribution is 5.77. The molecule has 1 amide bonds. The number of carbonyl (C=O) groups is 1. The molecule has 1 atom stereocenters. The van der Waals surface area contributed by atoms with Crippen molar-refractivity contribution in [1.29, 1.82) is 0 Å². The van der Waals surface area contributed by atoms with E-state index < -0.39 is 17.2 Å². The molecule has 0 aromatic heterocycles. The summed E-state index contributed by atoms with van der Waals surface area (Å²) in [7, 11) is 1.63. The second-order valence-electron chi connectivity index (χ2n) is 5.52. The molecule has 1 aromatic rings. The van der Waals surface area contributed by atoms with Crippen molar-refractivity contribution in [3.8, 4) is 0 Å². The van der Waals surface area contributed by atoms with Crippen LogP contribution in [0.2, 0.25) is 0 Å². The van der Waals surface area contributed by atoms with Crippen molar-refractivity contribution < 1.29 is 13.6 Å². The summed E-state index contributed by atoms with van der Waals surface area (Å²) in [6.07, 6.45) is 0.192. The Hall–Kier alpha value is -1.49. The molecule has 5 heteroatoms. The van der Waals surface area contributed by atoms with Gasteiger partial charge in [0.1, 0.15) is 0 Å². The van der Waals surface area contributed by atoms with Gasteiger partial charge in [0, 0.05) is 19.0 Å². The monoisotopic (exact) mass is 270 g/mol. The Kier molecular flexibility index (Phi) is 4.63. The maximum absolute atomic E-state index is 13.2. The first kappa shape index (κ1) is 15.6. The minimum Gasteiger partial charge on any atom is -0.339 e. The minimum absolute atomic E-state index is 0.135. The minimum atomic E-state index is -0.913. The lowest BCUT2D eigenvalue weighted by atomic mass is 10.00. The summed E-state index contributed by atoms with van der Waals surface area (Å²) in [6, 6.07) is 3.30. The number of hydrogen-bond acceptors (Lipinski definition) is 2. The molecule has 0 saturated heterocycles. The van der Waals surface area contributed by atoms with Crippen LogP contribution in [0.1, 0.15) is 38.8 Å². The number of hydrogen-bond donors (Lipinski definition) is 1. The first-order valence-corrected chi connectivity index (χ1v) is 6.11. The van der Waals surface area contributed by atoms with Gasteiger partial charge in [0.15, 0.2) is 11.6 Å². The van der Waals surface area contributed by atoms with E-state index in [9.17, 15) is 13.6 Å². The molecule has 2 N–H and O–H groups in total. The van der Waals surface area contributed by atoms with Crippen molar-refractivity contribution in [1.82, 2.24) is 4.90 Å². The summed E-state index contributed by atoms with van der Waals surface area (Å²) in [5.74, 6) is -1.94. The van der Waals surface area contributed by atoms with Crippen LogP contribution in [0.15, 0.2) is 18.2 Å². The van der Waals surface area contributed by atoms with E-state index in [2.05, 4.69) is 0 Å². The topological polar surface area (TPSA) is 46.3 Å². The Morgan fingerprint density at radius 1 is 1.37 bits per heavy atom. The lowest BCUT2D eigenvalue weighted by molar-refractivity contribution is -0.132. The number of nitrogens with two attached hydrogens (primary N) is 1. The second kappa shape index (κ2) is 5.65. The summed E-state index contributed by atoms with van der Waals surface area (Å²) in [5, 5.41) is 0. The Labute approximate surface area is 112 Å². The highest BCUT2D eigenvalue weighted by Crippen LogP contribution is 2.22. The quantitative estimate of drug-likeness (QED) is 0.914. The van der Waals surface area contributed by atoms with Gasteiger partial charge in [0.25, 0.3) is 0 Å². The molecule has 0 aliphatic rings. The van der Waals surface area contributed by atoms with Gasteiger partial charge in [0.2, 0.25) is 5.91 Å². The van der Waals surface area contributed by atoms with Crippen LogP contribution in [0.3, 0.4) is 0 Å². The van der Waals surface area contributed by atoms with E-state index in [1.165, 1.54) is 11.0 Å². The summed E-state index contributed by atoms with van der Waals surface area (Å²) in [5.41, 5.74) is 5.75. The Morgan fingerprint density at radius 2 is 1.95 bits per heavy atom. The lowest BCUT2D eigenvalue weighted by Gasteiger charge is -2.28. The van der Waals surface area contributed by atoms with Crippen LogP contribution in [0.5, 0.6) is 0 Å². The van der Waals surface area contributed by atoms with Crippen molar-refractivity contribution in [2.45, 2.75) is 38.8 Å². The SMILES string of the molecule is CC(c1ccc(F)c(F)c1)N(C)C(=O)CC(C)(C)N. The number of carbonyl (C=O) groups excluding carboxylic acids is 1. The van der Waals surface area contributed by atoms with E-state index in [1.807, 2.05) is 0 Å². The molecule has 0 heterocycles. The van der Waals surface area contributed by atoms with Gasteiger partial charge in [0.05, 0.1) is 6.04 Å². The van der Waals surface area contributed by atoms with Crippen LogP contribution in [0.25, 0.3) is 0 Å². The van der Waals surface area contributed by atoms with Gasteiger partial charge >= 0.3 is 0 Å². The molecule has 1 aromatic carbocycles. The van der Waals surface area contributed by atoms with Crippen LogP contribution in [-0.4, -0.2) is 23.4 Å². The molecule has 1 unspecified atom stereocenters. The zero-order valence-corrected chi connectivity index (χ0v) is 11.7. The van der Waals surface area contributed by atoms with Gasteiger partial charge in [-0.25, -0.2) is 8.78 Å². The van der Waals surface area contributed by atoms with E-state index in [4.69, 9.17) is 5.73 Å². The van der Waals surface area contributed by atoms with Crippen molar-refractivity contribution >= 4 is 5.91 Å². The second-order valence-corrected chi connectivity index (χ2v) is 5.52. The molecule has 19 heavy (non-hydrogen) atoms. The lowest BCUT2D eigenvalue weighted by Crippen LogP contribution is -2.40. The molecule has 0 fully saturated rings. The number of amides is 1. The zero-order chi connectivity index (χ0) is 14.8. The molecule has 1 rings (SSSR count). The third-order valence-electron chi connectivity index (χ3n) is 3.01. The van der Waals surface area contributed by atoms with Gasteiger partial charge < -0.3 is 10.6 Å². The fraction of sp³-hybridized carbons (Fsp3) is 0.500. The largest absolute Gasteiger partial charge is 0.339 e. The standard InChI is InChI=1S/C14H20F2N2O/c1-9(10-5-6-11(15)12(16)7-10)18(4)13(19)8-14(2,3)17/h5-7,9H,8,17H2,1-4H3. The first-order valence-electron chi connectivity index (χ1n) is 6.11. The summed E-state index contributed by atoms with van der Waals surface area (Å²) >= 11 is 0. The summed E-state index contributed by atoms with van der Waals surface area (Å²) < 4.78 is 26.0. The average Bonchev–Trinajstić information content (AvgIpc) is 2.28. The van der Waals surface area contributed by atoms with E-state index >= 15 is 0 Å². The predicted molar refractivity (Wildman–Crippen MR) is 70.4 cm³/mol. The molecule has 0 aliphatic heterocycles. The van der Waals surface area contributed by atoms with Crippen molar-refractivity contribution in [3.63, 3.8) is 0 Å². The Morgan fingerprint density at radius 3 is 2.42 bits per heavy atom. The van der Waals surface area contributed by atoms with Gasteiger partial charge in [-0.2, -0.15) is 0 Å². The number of benzene rings is 1. The van der Waals surface area contributed by atoms with Crippen molar-refractivity contribution in [3.05, 3.63) is 35.4 Å². The molecular formula is C14H20F2N2O. The van der Waals surface area contributed by atoms with Crippen LogP contribution in [0, 0.1) is 11.6 Å². The van der Waals surface area contributed by atoms with Gasteiger partial charge in [-0.05, 0) is 38.5 Å². The molecular weight excluding hydrogens is 250 g/mol. The van der Waals surface area contributed by atoms with Gasteiger partial charge in [-0.3, -0.25) is 4.79 Å². The molecule has 106 valence electrons. The number of halogens is 2. The zero-order valence-electron chi connectivity index (χ0n) is 11.7. The van der Waals surface area contributed by atoms with E-state index in [0.717, 1.165) is 12.1 Å². The summed E-state index contributed by atoms with van der Waals surface area (Å²) in [4.78, 5) is 13.5. The molecule has 0 radical (unpaired) electrons. The van der Waals surface area contributed by atoms with Crippen molar-refractivity contribution in [2.24, 2.45) is 5.73 Å². The summed E-state index contributed by atoms with van der Waals surface area (Å²) in [6.45, 7) is 5.29. The van der Waals surface area contributed by atoms with E-state index in [-0.39, 0.29) is 18.4 Å². The maximum atomic E-state index is 13.2. The van der Waals surface area contributed by atoms with Crippen molar-refractivity contribution in [2.75, 3.05) is 7.05 Å².